The van der Waals surface area contributed by atoms with Crippen molar-refractivity contribution in [3.8, 4) is 0 Å². The van der Waals surface area contributed by atoms with E-state index in [2.05, 4.69) is 81.5 Å². The Balaban J connectivity index is 5.03. The number of hydrogen-bond acceptors (Lipinski definition) is 1. The molecule has 0 saturated carbocycles. The van der Waals surface area contributed by atoms with Crippen LogP contribution in [-0.4, -0.2) is 11.1 Å². The van der Waals surface area contributed by atoms with E-state index in [0.29, 0.717) is 10.8 Å². The third-order valence-electron chi connectivity index (χ3n) is 5.60. The van der Waals surface area contributed by atoms with E-state index < -0.39 is 0 Å². The lowest BCUT2D eigenvalue weighted by Crippen LogP contribution is -2.60. The molecule has 0 bridgehead atoms. The molecule has 0 saturated heterocycles. The second kappa shape index (κ2) is 7.02. The third-order valence-corrected chi connectivity index (χ3v) is 5.60. The molecule has 1 nitrogen and oxygen atoms in total. The first-order valence-electron chi connectivity index (χ1n) is 8.99. The summed E-state index contributed by atoms with van der Waals surface area (Å²) in [5, 5.41) is 4.00. The normalized spacial score (nSPS) is 14.9. The van der Waals surface area contributed by atoms with Gasteiger partial charge in [-0.05, 0) is 70.1 Å². The monoisotopic (exact) mass is 297 g/mol. The lowest BCUT2D eigenvalue weighted by molar-refractivity contribution is 0.0679. The van der Waals surface area contributed by atoms with E-state index in [1.807, 2.05) is 0 Å². The molecule has 0 aromatic rings. The van der Waals surface area contributed by atoms with Gasteiger partial charge in [0.25, 0.3) is 0 Å². The zero-order valence-electron chi connectivity index (χ0n) is 16.9. The number of hydrogen-bond donors (Lipinski definition) is 1. The Labute approximate surface area is 135 Å². The molecular weight excluding hydrogens is 254 g/mol. The van der Waals surface area contributed by atoms with Gasteiger partial charge in [0.15, 0.2) is 0 Å². The number of nitrogens with one attached hydrogen (secondary N) is 1. The minimum Gasteiger partial charge on any atom is -0.306 e. The van der Waals surface area contributed by atoms with Gasteiger partial charge in [-0.3, -0.25) is 0 Å². The summed E-state index contributed by atoms with van der Waals surface area (Å²) in [6.45, 7) is 26.1. The van der Waals surface area contributed by atoms with E-state index in [0.717, 1.165) is 5.92 Å². The lowest BCUT2D eigenvalue weighted by Gasteiger charge is -2.50. The van der Waals surface area contributed by atoms with Gasteiger partial charge in [-0.25, -0.2) is 0 Å². The van der Waals surface area contributed by atoms with Gasteiger partial charge in [-0.2, -0.15) is 0 Å². The van der Waals surface area contributed by atoms with E-state index in [9.17, 15) is 0 Å². The van der Waals surface area contributed by atoms with E-state index >= 15 is 0 Å². The Morgan fingerprint density at radius 2 is 1.24 bits per heavy atom. The predicted octanol–water partition coefficient (Wildman–Crippen LogP) is 6.42. The maximum atomic E-state index is 4.00. The highest BCUT2D eigenvalue weighted by atomic mass is 15.1. The van der Waals surface area contributed by atoms with Gasteiger partial charge in [0, 0.05) is 11.1 Å². The molecule has 0 fully saturated rings. The van der Waals surface area contributed by atoms with Gasteiger partial charge in [-0.15, -0.1) is 0 Å². The smallest absolute Gasteiger partial charge is 0.0183 e. The maximum Gasteiger partial charge on any atom is 0.0183 e. The zero-order chi connectivity index (χ0) is 17.1. The van der Waals surface area contributed by atoms with Crippen molar-refractivity contribution in [3.05, 3.63) is 0 Å². The molecule has 0 aliphatic carbocycles. The zero-order valence-corrected chi connectivity index (χ0v) is 16.9. The van der Waals surface area contributed by atoms with Crippen molar-refractivity contribution in [1.82, 2.24) is 5.32 Å². The first-order chi connectivity index (χ1) is 9.20. The average molecular weight is 298 g/mol. The summed E-state index contributed by atoms with van der Waals surface area (Å²) in [5.41, 5.74) is 1.03. The molecule has 0 radical (unpaired) electrons. The van der Waals surface area contributed by atoms with Crippen LogP contribution in [0, 0.1) is 16.7 Å². The fourth-order valence-corrected chi connectivity index (χ4v) is 4.55. The Morgan fingerprint density at radius 3 is 1.57 bits per heavy atom. The molecule has 0 aliphatic rings. The quantitative estimate of drug-likeness (QED) is 0.517. The molecule has 0 rings (SSSR count). The predicted molar refractivity (Wildman–Crippen MR) is 97.8 cm³/mol. The van der Waals surface area contributed by atoms with E-state index in [-0.39, 0.29) is 11.1 Å². The second-order valence-corrected chi connectivity index (χ2v) is 9.84. The van der Waals surface area contributed by atoms with Gasteiger partial charge in [0.05, 0.1) is 0 Å². The summed E-state index contributed by atoms with van der Waals surface area (Å²) >= 11 is 0. The van der Waals surface area contributed by atoms with Crippen LogP contribution in [0.5, 0.6) is 0 Å². The minimum absolute atomic E-state index is 0.147. The molecule has 0 amide bonds. The summed E-state index contributed by atoms with van der Waals surface area (Å²) in [4.78, 5) is 0. The topological polar surface area (TPSA) is 12.0 Å². The summed E-state index contributed by atoms with van der Waals surface area (Å²) in [5.74, 6) is 0.764. The standard InChI is InChI=1S/C20H43N/c1-12-20(11,13-2)19(9,10)21-18(7,8)15-17(5,6)14-16(3)4/h16,21H,12-15H2,1-11H3. The Morgan fingerprint density at radius 1 is 0.810 bits per heavy atom. The lowest BCUT2D eigenvalue weighted by atomic mass is 9.67. The van der Waals surface area contributed by atoms with Gasteiger partial charge in [0.2, 0.25) is 0 Å². The SMILES string of the molecule is CCC(C)(CC)C(C)(C)NC(C)(C)CC(C)(C)CC(C)C. The van der Waals surface area contributed by atoms with Crippen LogP contribution in [0.15, 0.2) is 0 Å². The van der Waals surface area contributed by atoms with Gasteiger partial charge in [-0.1, -0.05) is 48.5 Å². The Hall–Kier alpha value is -0.0400. The summed E-state index contributed by atoms with van der Waals surface area (Å²) in [7, 11) is 0. The number of rotatable bonds is 9. The Bertz CT molecular complexity index is 306. The molecule has 21 heavy (non-hydrogen) atoms. The van der Waals surface area contributed by atoms with Crippen LogP contribution >= 0.6 is 0 Å². The largest absolute Gasteiger partial charge is 0.306 e. The summed E-state index contributed by atoms with van der Waals surface area (Å²) in [6.07, 6.45) is 4.94. The van der Waals surface area contributed by atoms with Gasteiger partial charge in [0.1, 0.15) is 0 Å². The molecule has 0 unspecified atom stereocenters. The first kappa shape index (κ1) is 21.0. The third kappa shape index (κ3) is 6.30. The fourth-order valence-electron chi connectivity index (χ4n) is 4.55. The van der Waals surface area contributed by atoms with E-state index in [1.54, 1.807) is 0 Å². The van der Waals surface area contributed by atoms with Crippen LogP contribution in [0.4, 0.5) is 0 Å². The van der Waals surface area contributed by atoms with Crippen molar-refractivity contribution < 1.29 is 0 Å². The molecule has 1 heteroatoms. The van der Waals surface area contributed by atoms with Crippen LogP contribution in [0.3, 0.4) is 0 Å². The molecule has 0 atom stereocenters. The van der Waals surface area contributed by atoms with Crippen molar-refractivity contribution in [3.63, 3.8) is 0 Å². The van der Waals surface area contributed by atoms with Crippen LogP contribution in [0.25, 0.3) is 0 Å². The van der Waals surface area contributed by atoms with Crippen molar-refractivity contribution in [2.24, 2.45) is 16.7 Å². The van der Waals surface area contributed by atoms with Gasteiger partial charge < -0.3 is 5.32 Å². The highest BCUT2D eigenvalue weighted by Gasteiger charge is 2.42. The highest BCUT2D eigenvalue weighted by Crippen LogP contribution is 2.41. The van der Waals surface area contributed by atoms with E-state index in [1.165, 1.54) is 25.7 Å². The molecule has 128 valence electrons. The molecule has 0 spiro atoms. The molecular formula is C20H43N. The van der Waals surface area contributed by atoms with Gasteiger partial charge >= 0.3 is 0 Å². The molecule has 0 heterocycles. The molecule has 0 aromatic carbocycles. The van der Waals surface area contributed by atoms with Crippen LogP contribution < -0.4 is 5.32 Å². The summed E-state index contributed by atoms with van der Waals surface area (Å²) < 4.78 is 0. The fraction of sp³-hybridized carbons (Fsp3) is 1.00. The van der Waals surface area contributed by atoms with Crippen molar-refractivity contribution in [1.29, 1.82) is 0 Å². The van der Waals surface area contributed by atoms with Crippen molar-refractivity contribution in [2.45, 2.75) is 113 Å². The van der Waals surface area contributed by atoms with Crippen molar-refractivity contribution in [2.75, 3.05) is 0 Å². The first-order valence-corrected chi connectivity index (χ1v) is 8.99. The van der Waals surface area contributed by atoms with Crippen LogP contribution in [0.2, 0.25) is 0 Å². The highest BCUT2D eigenvalue weighted by molar-refractivity contribution is 5.00. The average Bonchev–Trinajstić information content (AvgIpc) is 2.22. The van der Waals surface area contributed by atoms with Crippen LogP contribution in [-0.2, 0) is 0 Å². The molecule has 0 aromatic heterocycles. The molecule has 0 aliphatic heterocycles. The minimum atomic E-state index is 0.147. The maximum absolute atomic E-state index is 4.00. The Kier molecular flexibility index (Phi) is 7.01. The second-order valence-electron chi connectivity index (χ2n) is 9.84. The molecule has 1 N–H and O–H groups in total. The van der Waals surface area contributed by atoms with Crippen LogP contribution in [0.1, 0.15) is 102 Å². The summed E-state index contributed by atoms with van der Waals surface area (Å²) in [6, 6.07) is 0. The van der Waals surface area contributed by atoms with E-state index in [4.69, 9.17) is 0 Å². The van der Waals surface area contributed by atoms with Crippen molar-refractivity contribution >= 4 is 0 Å².